The lowest BCUT2D eigenvalue weighted by Crippen LogP contribution is -2.39. The van der Waals surface area contributed by atoms with Gasteiger partial charge in [0.05, 0.1) is 16.7 Å². The van der Waals surface area contributed by atoms with Crippen LogP contribution in [0.3, 0.4) is 0 Å². The minimum atomic E-state index is 0. The Hall–Kier alpha value is -1.15. The van der Waals surface area contributed by atoms with Crippen molar-refractivity contribution in [2.24, 2.45) is 4.99 Å². The summed E-state index contributed by atoms with van der Waals surface area (Å²) in [6, 6.07) is 10.6. The van der Waals surface area contributed by atoms with Gasteiger partial charge in [-0.2, -0.15) is 0 Å². The van der Waals surface area contributed by atoms with Crippen molar-refractivity contribution in [3.05, 3.63) is 52.0 Å². The second-order valence-electron chi connectivity index (χ2n) is 6.90. The molecule has 0 aliphatic heterocycles. The molecule has 4 nitrogen and oxygen atoms in total. The predicted octanol–water partition coefficient (Wildman–Crippen LogP) is 4.53. The quantitative estimate of drug-likeness (QED) is 0.382. The highest BCUT2D eigenvalue weighted by molar-refractivity contribution is 14.0. The van der Waals surface area contributed by atoms with E-state index in [1.165, 1.54) is 16.3 Å². The summed E-state index contributed by atoms with van der Waals surface area (Å²) >= 11 is 1.74. The second-order valence-corrected chi connectivity index (χ2v) is 7.84. The normalized spacial score (nSPS) is 13.1. The van der Waals surface area contributed by atoms with E-state index in [1.807, 2.05) is 6.07 Å². The van der Waals surface area contributed by atoms with Crippen LogP contribution in [0.25, 0.3) is 0 Å². The Kier molecular flexibility index (Phi) is 8.85. The van der Waals surface area contributed by atoms with Gasteiger partial charge in [0.1, 0.15) is 0 Å². The Morgan fingerprint density at radius 1 is 1.24 bits per heavy atom. The van der Waals surface area contributed by atoms with E-state index in [0.29, 0.717) is 0 Å². The zero-order chi connectivity index (χ0) is 17.6. The van der Waals surface area contributed by atoms with Crippen LogP contribution in [0.5, 0.6) is 0 Å². The van der Waals surface area contributed by atoms with E-state index in [9.17, 15) is 0 Å². The van der Waals surface area contributed by atoms with Crippen molar-refractivity contribution in [1.82, 2.24) is 15.6 Å². The number of guanidine groups is 1. The largest absolute Gasteiger partial charge is 0.356 e. The Labute approximate surface area is 172 Å². The summed E-state index contributed by atoms with van der Waals surface area (Å²) in [6.07, 6.45) is 0.904. The number of thiazole rings is 1. The maximum absolute atomic E-state index is 4.73. The van der Waals surface area contributed by atoms with E-state index in [2.05, 4.69) is 73.0 Å². The third-order valence-electron chi connectivity index (χ3n) is 3.83. The van der Waals surface area contributed by atoms with Crippen LogP contribution in [0.4, 0.5) is 0 Å². The lowest BCUT2D eigenvalue weighted by atomic mass is 9.93. The third-order valence-corrected chi connectivity index (χ3v) is 4.74. The fourth-order valence-electron chi connectivity index (χ4n) is 2.28. The monoisotopic (exact) mass is 472 g/mol. The van der Waals surface area contributed by atoms with Crippen LogP contribution in [0, 0.1) is 0 Å². The molecule has 0 radical (unpaired) electrons. The van der Waals surface area contributed by atoms with Crippen LogP contribution < -0.4 is 10.6 Å². The molecule has 1 aromatic carbocycles. The average molecular weight is 472 g/mol. The average Bonchev–Trinajstić information content (AvgIpc) is 3.04. The van der Waals surface area contributed by atoms with Crippen LogP contribution in [0.2, 0.25) is 0 Å². The van der Waals surface area contributed by atoms with Gasteiger partial charge >= 0.3 is 0 Å². The Morgan fingerprint density at radius 2 is 1.92 bits per heavy atom. The highest BCUT2D eigenvalue weighted by Gasteiger charge is 2.17. The van der Waals surface area contributed by atoms with Crippen molar-refractivity contribution >= 4 is 41.3 Å². The number of aliphatic imine (C=N–C) groups is 1. The molecule has 1 atom stereocenters. The van der Waals surface area contributed by atoms with Crippen molar-refractivity contribution < 1.29 is 0 Å². The highest BCUT2D eigenvalue weighted by atomic mass is 127. The molecule has 0 saturated carbocycles. The van der Waals surface area contributed by atoms with Crippen molar-refractivity contribution in [2.75, 3.05) is 13.6 Å². The first kappa shape index (κ1) is 21.9. The van der Waals surface area contributed by atoms with Gasteiger partial charge in [0, 0.05) is 30.8 Å². The van der Waals surface area contributed by atoms with Gasteiger partial charge in [-0.15, -0.1) is 35.3 Å². The summed E-state index contributed by atoms with van der Waals surface area (Å²) in [5, 5.41) is 10.1. The van der Waals surface area contributed by atoms with Crippen molar-refractivity contribution in [2.45, 2.75) is 45.6 Å². The maximum atomic E-state index is 4.73. The first-order valence-electron chi connectivity index (χ1n) is 8.37. The zero-order valence-electron chi connectivity index (χ0n) is 15.7. The fourth-order valence-corrected chi connectivity index (χ4v) is 3.31. The van der Waals surface area contributed by atoms with E-state index in [4.69, 9.17) is 4.98 Å². The topological polar surface area (TPSA) is 49.3 Å². The molecular weight excluding hydrogens is 443 g/mol. The summed E-state index contributed by atoms with van der Waals surface area (Å²) in [5.41, 5.74) is 2.53. The van der Waals surface area contributed by atoms with Gasteiger partial charge in [0.2, 0.25) is 0 Å². The maximum Gasteiger partial charge on any atom is 0.191 e. The van der Waals surface area contributed by atoms with Crippen LogP contribution in [-0.2, 0) is 11.8 Å². The summed E-state index contributed by atoms with van der Waals surface area (Å²) in [5.74, 6) is 0.818. The smallest absolute Gasteiger partial charge is 0.191 e. The van der Waals surface area contributed by atoms with Gasteiger partial charge in [0.25, 0.3) is 0 Å². The molecule has 138 valence electrons. The fraction of sp³-hybridized carbons (Fsp3) is 0.474. The summed E-state index contributed by atoms with van der Waals surface area (Å²) < 4.78 is 0. The highest BCUT2D eigenvalue weighted by Crippen LogP contribution is 2.23. The molecule has 0 amide bonds. The Balaban J connectivity index is 0.00000312. The molecule has 1 aromatic heterocycles. The molecule has 0 spiro atoms. The van der Waals surface area contributed by atoms with Gasteiger partial charge in [-0.25, -0.2) is 4.98 Å². The van der Waals surface area contributed by atoms with Crippen molar-refractivity contribution in [1.29, 1.82) is 0 Å². The lowest BCUT2D eigenvalue weighted by Gasteiger charge is -2.18. The predicted molar refractivity (Wildman–Crippen MR) is 119 cm³/mol. The molecular formula is C19H29IN4S. The molecule has 1 unspecified atom stereocenters. The molecule has 0 bridgehead atoms. The second kappa shape index (κ2) is 10.1. The molecule has 2 aromatic rings. The summed E-state index contributed by atoms with van der Waals surface area (Å²) in [7, 11) is 1.80. The molecule has 6 heteroatoms. The first-order chi connectivity index (χ1) is 11.4. The van der Waals surface area contributed by atoms with Gasteiger partial charge in [-0.05, 0) is 12.5 Å². The number of aromatic nitrogens is 1. The van der Waals surface area contributed by atoms with Crippen molar-refractivity contribution in [3.8, 4) is 0 Å². The Bertz CT molecular complexity index is 662. The van der Waals surface area contributed by atoms with Crippen LogP contribution in [-0.4, -0.2) is 24.5 Å². The molecule has 0 aliphatic rings. The molecule has 2 rings (SSSR count). The van der Waals surface area contributed by atoms with E-state index >= 15 is 0 Å². The number of hydrogen-bond acceptors (Lipinski definition) is 3. The van der Waals surface area contributed by atoms with Gasteiger partial charge < -0.3 is 10.6 Å². The summed E-state index contributed by atoms with van der Waals surface area (Å²) in [6.45, 7) is 9.54. The molecule has 2 N–H and O–H groups in total. The summed E-state index contributed by atoms with van der Waals surface area (Å²) in [4.78, 5) is 9.04. The number of nitrogens with zero attached hydrogens (tertiary/aromatic N) is 2. The minimum Gasteiger partial charge on any atom is -0.356 e. The number of nitrogens with one attached hydrogen (secondary N) is 2. The van der Waals surface area contributed by atoms with E-state index in [0.717, 1.165) is 18.9 Å². The number of halogens is 1. The van der Waals surface area contributed by atoms with E-state index in [-0.39, 0.29) is 35.4 Å². The number of benzene rings is 1. The molecule has 0 saturated heterocycles. The molecule has 0 fully saturated rings. The molecule has 1 heterocycles. The third kappa shape index (κ3) is 6.93. The zero-order valence-corrected chi connectivity index (χ0v) is 18.8. The molecule has 0 aliphatic carbocycles. The van der Waals surface area contributed by atoms with Crippen LogP contribution in [0.15, 0.2) is 40.7 Å². The van der Waals surface area contributed by atoms with Gasteiger partial charge in [0.15, 0.2) is 5.96 Å². The van der Waals surface area contributed by atoms with Gasteiger partial charge in [-0.3, -0.25) is 4.99 Å². The van der Waals surface area contributed by atoms with E-state index in [1.54, 1.807) is 18.4 Å². The number of hydrogen-bond donors (Lipinski definition) is 2. The van der Waals surface area contributed by atoms with Crippen LogP contribution >= 0.6 is 35.3 Å². The van der Waals surface area contributed by atoms with Gasteiger partial charge in [-0.1, -0.05) is 51.1 Å². The first-order valence-corrected chi connectivity index (χ1v) is 9.25. The standard InChI is InChI=1S/C19H28N4S.HI/c1-14(15-9-7-6-8-10-15)22-18(20-5)21-12-11-17-23-16(13-24-17)19(2,3)4;/h6-10,13-14H,11-12H2,1-5H3,(H2,20,21,22);1H. The molecule has 25 heavy (non-hydrogen) atoms. The lowest BCUT2D eigenvalue weighted by molar-refractivity contribution is 0.570. The minimum absolute atomic E-state index is 0. The van der Waals surface area contributed by atoms with Crippen molar-refractivity contribution in [3.63, 3.8) is 0 Å². The SMILES string of the molecule is CN=C(NCCc1nc(C(C)(C)C)cs1)NC(C)c1ccccc1.I. The van der Waals surface area contributed by atoms with E-state index < -0.39 is 0 Å². The number of rotatable bonds is 5. The van der Waals surface area contributed by atoms with Crippen LogP contribution in [0.1, 0.15) is 50.0 Å². The Morgan fingerprint density at radius 3 is 2.48 bits per heavy atom.